The van der Waals surface area contributed by atoms with Crippen LogP contribution in [-0.2, 0) is 0 Å². The quantitative estimate of drug-likeness (QED) is 0.483. The lowest BCUT2D eigenvalue weighted by Crippen LogP contribution is -1.74. The molecule has 0 saturated heterocycles. The van der Waals surface area contributed by atoms with E-state index in [-0.39, 0.29) is 6.01 Å². The van der Waals surface area contributed by atoms with E-state index >= 15 is 0 Å². The molecule has 1 N–H and O–H groups in total. The van der Waals surface area contributed by atoms with E-state index in [9.17, 15) is 0 Å². The molecular formula is C4H2N2O. The average molecular weight is 94.1 g/mol. The van der Waals surface area contributed by atoms with Crippen molar-refractivity contribution in [1.29, 1.82) is 0 Å². The number of hydrogen-bond donors (Lipinski definition) is 1. The van der Waals surface area contributed by atoms with Crippen LogP contribution in [0.2, 0.25) is 0 Å². The maximum Gasteiger partial charge on any atom is 0.314 e. The third kappa shape index (κ3) is 0.855. The van der Waals surface area contributed by atoms with Crippen molar-refractivity contribution in [3.8, 4) is 6.01 Å². The summed E-state index contributed by atoms with van der Waals surface area (Å²) in [4.78, 5) is 6.58. The smallest absolute Gasteiger partial charge is 0.314 e. The number of aromatic nitrogens is 2. The average Bonchev–Trinajstić information content (AvgIpc) is 1.69. The van der Waals surface area contributed by atoms with Crippen LogP contribution >= 0.6 is 0 Å². The molecule has 1 aromatic rings. The number of rotatable bonds is 0. The minimum atomic E-state index is -0.265. The van der Waals surface area contributed by atoms with Crippen molar-refractivity contribution in [2.24, 2.45) is 0 Å². The van der Waals surface area contributed by atoms with Crippen LogP contribution < -0.4 is 0 Å². The Bertz CT molecular complexity index is 140. The molecule has 0 aliphatic carbocycles. The number of hydrogen-bond acceptors (Lipinski definition) is 3. The van der Waals surface area contributed by atoms with Crippen molar-refractivity contribution >= 4 is 0 Å². The second-order valence-electron chi connectivity index (χ2n) is 0.926. The molecule has 0 aliphatic rings. The van der Waals surface area contributed by atoms with Crippen LogP contribution in [0.4, 0.5) is 0 Å². The second-order valence-corrected chi connectivity index (χ2v) is 0.926. The highest BCUT2D eigenvalue weighted by Gasteiger charge is 1.79. The van der Waals surface area contributed by atoms with Gasteiger partial charge in [-0.1, -0.05) is 0 Å². The highest BCUT2D eigenvalue weighted by atomic mass is 16.3. The summed E-state index contributed by atoms with van der Waals surface area (Å²) in [6, 6.07) is 2.16. The van der Waals surface area contributed by atoms with Gasteiger partial charge in [0.2, 0.25) is 0 Å². The van der Waals surface area contributed by atoms with Gasteiger partial charge in [-0.2, -0.15) is 4.98 Å². The molecule has 34 valence electrons. The van der Waals surface area contributed by atoms with Crippen LogP contribution in [0.3, 0.4) is 0 Å². The van der Waals surface area contributed by atoms with Gasteiger partial charge in [0.15, 0.2) is 0 Å². The minimum absolute atomic E-state index is 0.265. The van der Waals surface area contributed by atoms with Crippen molar-refractivity contribution in [1.82, 2.24) is 9.97 Å². The molecule has 0 aliphatic heterocycles. The molecular weight excluding hydrogens is 92.1 g/mol. The molecule has 7 heavy (non-hydrogen) atoms. The molecule has 3 heteroatoms. The fourth-order valence-electron chi connectivity index (χ4n) is 0.230. The van der Waals surface area contributed by atoms with Gasteiger partial charge in [0, 0.05) is 12.3 Å². The SMILES string of the molecule is Oc1n[c][c]cn1. The van der Waals surface area contributed by atoms with Crippen LogP contribution in [0.25, 0.3) is 0 Å². The first kappa shape index (κ1) is 4.05. The van der Waals surface area contributed by atoms with Crippen LogP contribution in [0.5, 0.6) is 6.01 Å². The molecule has 1 aromatic heterocycles. The molecule has 0 amide bonds. The van der Waals surface area contributed by atoms with Crippen LogP contribution in [-0.4, -0.2) is 15.1 Å². The van der Waals surface area contributed by atoms with Crippen molar-refractivity contribution < 1.29 is 5.11 Å². The van der Waals surface area contributed by atoms with Crippen LogP contribution in [0.15, 0.2) is 6.20 Å². The maximum absolute atomic E-state index is 8.36. The summed E-state index contributed by atoms with van der Waals surface area (Å²) < 4.78 is 0. The first-order chi connectivity index (χ1) is 3.39. The zero-order valence-corrected chi connectivity index (χ0v) is 3.42. The molecule has 2 radical (unpaired) electrons. The Morgan fingerprint density at radius 1 is 1.71 bits per heavy atom. The predicted molar refractivity (Wildman–Crippen MR) is 21.4 cm³/mol. The zero-order chi connectivity index (χ0) is 5.11. The van der Waals surface area contributed by atoms with Gasteiger partial charge < -0.3 is 5.11 Å². The van der Waals surface area contributed by atoms with E-state index in [1.165, 1.54) is 6.20 Å². The summed E-state index contributed by atoms with van der Waals surface area (Å²) in [5, 5.41) is 8.36. The molecule has 3 nitrogen and oxygen atoms in total. The van der Waals surface area contributed by atoms with Crippen molar-refractivity contribution in [3.05, 3.63) is 18.5 Å². The van der Waals surface area contributed by atoms with Gasteiger partial charge in [0.25, 0.3) is 0 Å². The molecule has 0 saturated carbocycles. The van der Waals surface area contributed by atoms with E-state index in [1.807, 2.05) is 0 Å². The van der Waals surface area contributed by atoms with E-state index in [1.54, 1.807) is 0 Å². The van der Waals surface area contributed by atoms with Crippen molar-refractivity contribution in [3.63, 3.8) is 0 Å². The van der Waals surface area contributed by atoms with Gasteiger partial charge in [-0.15, -0.1) is 0 Å². The zero-order valence-electron chi connectivity index (χ0n) is 3.42. The fourth-order valence-corrected chi connectivity index (χ4v) is 0.230. The standard InChI is InChI=1S/C4H2N2O/c7-4-5-2-1-3-6-4/h2H,(H,5,6,7). The Morgan fingerprint density at radius 3 is 2.86 bits per heavy atom. The summed E-state index contributed by atoms with van der Waals surface area (Å²) in [5.41, 5.74) is 0. The highest BCUT2D eigenvalue weighted by Crippen LogP contribution is 1.88. The molecule has 0 bridgehead atoms. The highest BCUT2D eigenvalue weighted by molar-refractivity contribution is 4.86. The van der Waals surface area contributed by atoms with Crippen molar-refractivity contribution in [2.75, 3.05) is 0 Å². The van der Waals surface area contributed by atoms with Gasteiger partial charge in [-0.05, 0) is 0 Å². The predicted octanol–water partition coefficient (Wildman–Crippen LogP) is -0.217. The summed E-state index contributed by atoms with van der Waals surface area (Å²) >= 11 is 0. The largest absolute Gasteiger partial charge is 0.479 e. The van der Waals surface area contributed by atoms with Gasteiger partial charge in [-0.25, -0.2) is 4.98 Å². The lowest BCUT2D eigenvalue weighted by atomic mass is 10.7. The first-order valence-corrected chi connectivity index (χ1v) is 1.69. The first-order valence-electron chi connectivity index (χ1n) is 1.69. The van der Waals surface area contributed by atoms with Crippen molar-refractivity contribution in [2.45, 2.75) is 0 Å². The molecule has 0 atom stereocenters. The molecule has 0 unspecified atom stereocenters. The fraction of sp³-hybridized carbons (Fsp3) is 0. The van der Waals surface area contributed by atoms with E-state index in [0.717, 1.165) is 0 Å². The third-order valence-corrected chi connectivity index (χ3v) is 0.465. The number of aromatic hydroxyl groups is 1. The molecule has 0 spiro atoms. The van der Waals surface area contributed by atoms with E-state index in [2.05, 4.69) is 22.2 Å². The van der Waals surface area contributed by atoms with E-state index in [4.69, 9.17) is 5.11 Å². The molecule has 1 heterocycles. The van der Waals surface area contributed by atoms with Gasteiger partial charge in [-0.3, -0.25) is 0 Å². The van der Waals surface area contributed by atoms with Gasteiger partial charge in [0.1, 0.15) is 6.20 Å². The minimum Gasteiger partial charge on any atom is -0.479 e. The summed E-state index contributed by atoms with van der Waals surface area (Å²) in [7, 11) is 0. The number of nitrogens with zero attached hydrogens (tertiary/aromatic N) is 2. The Balaban J connectivity index is 3.02. The van der Waals surface area contributed by atoms with Gasteiger partial charge >= 0.3 is 6.01 Å². The Morgan fingerprint density at radius 2 is 2.57 bits per heavy atom. The second kappa shape index (κ2) is 1.55. The lowest BCUT2D eigenvalue weighted by Gasteiger charge is -1.79. The van der Waals surface area contributed by atoms with E-state index < -0.39 is 0 Å². The monoisotopic (exact) mass is 94.0 g/mol. The molecule has 0 aromatic carbocycles. The summed E-state index contributed by atoms with van der Waals surface area (Å²) in [6.07, 6.45) is 3.57. The summed E-state index contributed by atoms with van der Waals surface area (Å²) in [6.45, 7) is 0. The third-order valence-electron chi connectivity index (χ3n) is 0.465. The van der Waals surface area contributed by atoms with Gasteiger partial charge in [0.05, 0.1) is 0 Å². The summed E-state index contributed by atoms with van der Waals surface area (Å²) in [5.74, 6) is 0. The van der Waals surface area contributed by atoms with Crippen LogP contribution in [0, 0.1) is 12.3 Å². The van der Waals surface area contributed by atoms with Crippen LogP contribution in [0.1, 0.15) is 0 Å². The van der Waals surface area contributed by atoms with E-state index in [0.29, 0.717) is 0 Å². The topological polar surface area (TPSA) is 46.0 Å². The normalized spacial score (nSPS) is 8.57. The Labute approximate surface area is 40.7 Å². The lowest BCUT2D eigenvalue weighted by molar-refractivity contribution is 0.429. The molecule has 1 rings (SSSR count). The molecule has 0 fully saturated rings. The Kier molecular flexibility index (Phi) is 0.898. The Hall–Kier alpha value is -1.12. The maximum atomic E-state index is 8.36.